The monoisotopic (exact) mass is 294 g/mol. The summed E-state index contributed by atoms with van der Waals surface area (Å²) in [6.07, 6.45) is 11.1. The summed E-state index contributed by atoms with van der Waals surface area (Å²) in [5, 5.41) is 4.01. The molecule has 0 aromatic rings. The Bertz CT molecular complexity index is 336. The Labute approximate surface area is 130 Å². The molecule has 1 atom stereocenters. The fourth-order valence-corrected chi connectivity index (χ4v) is 4.59. The van der Waals surface area contributed by atoms with Crippen molar-refractivity contribution < 1.29 is 4.74 Å². The smallest absolute Gasteiger partial charge is 0.0478 e. The number of nitrogens with one attached hydrogen (secondary N) is 1. The van der Waals surface area contributed by atoms with Crippen LogP contribution in [0.3, 0.4) is 0 Å². The number of hydrogen-bond donors (Lipinski definition) is 1. The molecule has 0 radical (unpaired) electrons. The first kappa shape index (κ1) is 15.8. The molecule has 3 fully saturated rings. The summed E-state index contributed by atoms with van der Waals surface area (Å²) in [5.41, 5.74) is 0.827. The van der Waals surface area contributed by atoms with Crippen molar-refractivity contribution in [1.29, 1.82) is 0 Å². The SMILES string of the molecule is CCOCCCN1CC2(CCCCC2)NCC1(C)C1CC1. The normalized spacial score (nSPS) is 33.4. The van der Waals surface area contributed by atoms with Gasteiger partial charge in [-0.3, -0.25) is 4.90 Å². The van der Waals surface area contributed by atoms with Crippen molar-refractivity contribution in [2.24, 2.45) is 5.92 Å². The molecule has 1 unspecified atom stereocenters. The first-order valence-electron chi connectivity index (χ1n) is 9.26. The third-order valence-corrected chi connectivity index (χ3v) is 6.23. The molecule has 21 heavy (non-hydrogen) atoms. The zero-order valence-electron chi connectivity index (χ0n) is 14.1. The van der Waals surface area contributed by atoms with Crippen molar-refractivity contribution in [2.45, 2.75) is 76.3 Å². The van der Waals surface area contributed by atoms with Crippen LogP contribution < -0.4 is 5.32 Å². The summed E-state index contributed by atoms with van der Waals surface area (Å²) >= 11 is 0. The largest absolute Gasteiger partial charge is 0.382 e. The van der Waals surface area contributed by atoms with E-state index < -0.39 is 0 Å². The van der Waals surface area contributed by atoms with Gasteiger partial charge < -0.3 is 10.1 Å². The van der Waals surface area contributed by atoms with E-state index in [1.165, 1.54) is 71.0 Å². The molecule has 3 aliphatic rings. The van der Waals surface area contributed by atoms with Crippen LogP contribution in [0.5, 0.6) is 0 Å². The van der Waals surface area contributed by atoms with Gasteiger partial charge in [0.25, 0.3) is 0 Å². The molecule has 3 rings (SSSR count). The lowest BCUT2D eigenvalue weighted by Gasteiger charge is -2.55. The highest BCUT2D eigenvalue weighted by atomic mass is 16.5. The van der Waals surface area contributed by atoms with Crippen LogP contribution in [0, 0.1) is 5.92 Å². The van der Waals surface area contributed by atoms with Gasteiger partial charge in [-0.1, -0.05) is 19.3 Å². The fourth-order valence-electron chi connectivity index (χ4n) is 4.59. The standard InChI is InChI=1S/C18H34N2O/c1-3-21-13-7-12-20-15-18(10-5-4-6-11-18)19-14-17(20,2)16-8-9-16/h16,19H,3-15H2,1-2H3. The van der Waals surface area contributed by atoms with Crippen LogP contribution in [-0.4, -0.2) is 48.8 Å². The average Bonchev–Trinajstić information content (AvgIpc) is 3.34. The van der Waals surface area contributed by atoms with Gasteiger partial charge in [-0.2, -0.15) is 0 Å². The van der Waals surface area contributed by atoms with Crippen LogP contribution in [0.4, 0.5) is 0 Å². The van der Waals surface area contributed by atoms with Gasteiger partial charge in [0.2, 0.25) is 0 Å². The Balaban J connectivity index is 1.63. The summed E-state index contributed by atoms with van der Waals surface area (Å²) in [7, 11) is 0. The van der Waals surface area contributed by atoms with Crippen LogP contribution in [0.2, 0.25) is 0 Å². The molecule has 2 aliphatic carbocycles. The zero-order chi connectivity index (χ0) is 14.8. The Morgan fingerprint density at radius 1 is 1.19 bits per heavy atom. The predicted octanol–water partition coefficient (Wildman–Crippen LogP) is 3.19. The van der Waals surface area contributed by atoms with Crippen LogP contribution in [0.15, 0.2) is 0 Å². The summed E-state index contributed by atoms with van der Waals surface area (Å²) in [6, 6.07) is 0. The van der Waals surface area contributed by atoms with Crippen molar-refractivity contribution in [1.82, 2.24) is 10.2 Å². The molecule has 0 bridgehead atoms. The van der Waals surface area contributed by atoms with Crippen molar-refractivity contribution in [2.75, 3.05) is 32.8 Å². The molecule has 122 valence electrons. The highest BCUT2D eigenvalue weighted by Crippen LogP contribution is 2.46. The van der Waals surface area contributed by atoms with Crippen LogP contribution in [-0.2, 0) is 4.74 Å². The quantitative estimate of drug-likeness (QED) is 0.761. The second-order valence-corrected chi connectivity index (χ2v) is 7.80. The maximum absolute atomic E-state index is 5.56. The highest BCUT2D eigenvalue weighted by molar-refractivity contribution is 5.09. The van der Waals surface area contributed by atoms with Crippen LogP contribution >= 0.6 is 0 Å². The molecule has 3 heteroatoms. The lowest BCUT2D eigenvalue weighted by Crippen LogP contribution is -2.70. The summed E-state index contributed by atoms with van der Waals surface area (Å²) in [5.74, 6) is 0.929. The number of rotatable bonds is 6. The number of nitrogens with zero attached hydrogens (tertiary/aromatic N) is 1. The van der Waals surface area contributed by atoms with E-state index in [1.54, 1.807) is 0 Å². The summed E-state index contributed by atoms with van der Waals surface area (Å²) in [4.78, 5) is 2.84. The lowest BCUT2D eigenvalue weighted by atomic mass is 9.76. The van der Waals surface area contributed by atoms with E-state index in [4.69, 9.17) is 4.74 Å². The van der Waals surface area contributed by atoms with E-state index in [0.29, 0.717) is 11.1 Å². The molecule has 0 aromatic carbocycles. The summed E-state index contributed by atoms with van der Waals surface area (Å²) < 4.78 is 5.56. The molecule has 3 nitrogen and oxygen atoms in total. The molecular formula is C18H34N2O. The van der Waals surface area contributed by atoms with Crippen molar-refractivity contribution in [3.8, 4) is 0 Å². The van der Waals surface area contributed by atoms with Gasteiger partial charge in [0.15, 0.2) is 0 Å². The number of hydrogen-bond acceptors (Lipinski definition) is 3. The van der Waals surface area contributed by atoms with Gasteiger partial charge >= 0.3 is 0 Å². The van der Waals surface area contributed by atoms with E-state index in [1.807, 2.05) is 0 Å². The van der Waals surface area contributed by atoms with Crippen molar-refractivity contribution in [3.05, 3.63) is 0 Å². The summed E-state index contributed by atoms with van der Waals surface area (Å²) in [6.45, 7) is 10.1. The highest BCUT2D eigenvalue weighted by Gasteiger charge is 2.51. The molecule has 1 spiro atoms. The number of ether oxygens (including phenoxy) is 1. The third kappa shape index (κ3) is 3.46. The van der Waals surface area contributed by atoms with E-state index in [9.17, 15) is 0 Å². The third-order valence-electron chi connectivity index (χ3n) is 6.23. The minimum Gasteiger partial charge on any atom is -0.382 e. The Kier molecular flexibility index (Phi) is 4.92. The fraction of sp³-hybridized carbons (Fsp3) is 1.00. The van der Waals surface area contributed by atoms with Crippen molar-refractivity contribution >= 4 is 0 Å². The number of piperazine rings is 1. The maximum Gasteiger partial charge on any atom is 0.0478 e. The topological polar surface area (TPSA) is 24.5 Å². The van der Waals surface area contributed by atoms with Gasteiger partial charge in [-0.05, 0) is 51.9 Å². The van der Waals surface area contributed by atoms with Crippen LogP contribution in [0.1, 0.15) is 65.2 Å². The Hall–Kier alpha value is -0.120. The zero-order valence-corrected chi connectivity index (χ0v) is 14.1. The predicted molar refractivity (Wildman–Crippen MR) is 87.6 cm³/mol. The second-order valence-electron chi connectivity index (χ2n) is 7.80. The van der Waals surface area contributed by atoms with E-state index in [2.05, 4.69) is 24.1 Å². The minimum absolute atomic E-state index is 0.398. The van der Waals surface area contributed by atoms with Crippen LogP contribution in [0.25, 0.3) is 0 Å². The van der Waals surface area contributed by atoms with Gasteiger partial charge in [0.05, 0.1) is 0 Å². The minimum atomic E-state index is 0.398. The van der Waals surface area contributed by atoms with E-state index >= 15 is 0 Å². The van der Waals surface area contributed by atoms with Gasteiger partial charge in [0.1, 0.15) is 0 Å². The lowest BCUT2D eigenvalue weighted by molar-refractivity contribution is -0.0167. The first-order valence-corrected chi connectivity index (χ1v) is 9.26. The first-order chi connectivity index (χ1) is 10.2. The van der Waals surface area contributed by atoms with Crippen molar-refractivity contribution in [3.63, 3.8) is 0 Å². The maximum atomic E-state index is 5.56. The van der Waals surface area contributed by atoms with Gasteiger partial charge in [0, 0.05) is 43.9 Å². The van der Waals surface area contributed by atoms with E-state index in [-0.39, 0.29) is 0 Å². The molecule has 1 N–H and O–H groups in total. The molecule has 1 saturated heterocycles. The molecular weight excluding hydrogens is 260 g/mol. The van der Waals surface area contributed by atoms with Gasteiger partial charge in [-0.15, -0.1) is 0 Å². The molecule has 0 aromatic heterocycles. The molecule has 0 amide bonds. The van der Waals surface area contributed by atoms with E-state index in [0.717, 1.165) is 19.1 Å². The molecule has 2 saturated carbocycles. The Morgan fingerprint density at radius 2 is 1.95 bits per heavy atom. The average molecular weight is 294 g/mol. The second kappa shape index (κ2) is 6.55. The molecule has 1 aliphatic heterocycles. The van der Waals surface area contributed by atoms with Gasteiger partial charge in [-0.25, -0.2) is 0 Å². The Morgan fingerprint density at radius 3 is 2.62 bits per heavy atom. The molecule has 1 heterocycles.